The molecule has 2 heterocycles. The fraction of sp³-hybridized carbons (Fsp3) is 0.286. The second-order valence-electron chi connectivity index (χ2n) is 4.07. The molecule has 0 atom stereocenters. The van der Waals surface area contributed by atoms with E-state index in [0.29, 0.717) is 5.56 Å². The standard InChI is InChI=1S/C14H15N3S/c1-3-12-4-5-13(18-12)9-16-14-7-11(8-15)6-10(2)17-14/h4-7H,3,9H2,1-2H3,(H,16,17). The largest absolute Gasteiger partial charge is 0.365 e. The quantitative estimate of drug-likeness (QED) is 0.912. The Bertz CT molecular complexity index is 581. The van der Waals surface area contributed by atoms with Gasteiger partial charge in [0.15, 0.2) is 0 Å². The summed E-state index contributed by atoms with van der Waals surface area (Å²) in [6.45, 7) is 4.81. The van der Waals surface area contributed by atoms with Gasteiger partial charge in [-0.2, -0.15) is 5.26 Å². The van der Waals surface area contributed by atoms with Gasteiger partial charge in [-0.25, -0.2) is 4.98 Å². The summed E-state index contributed by atoms with van der Waals surface area (Å²) >= 11 is 1.81. The van der Waals surface area contributed by atoms with Crippen LogP contribution in [0.4, 0.5) is 5.82 Å². The highest BCUT2D eigenvalue weighted by Gasteiger charge is 2.02. The summed E-state index contributed by atoms with van der Waals surface area (Å²) < 4.78 is 0. The molecule has 92 valence electrons. The van der Waals surface area contributed by atoms with Gasteiger partial charge in [0, 0.05) is 15.4 Å². The molecule has 2 aromatic rings. The molecule has 0 saturated heterocycles. The van der Waals surface area contributed by atoms with Crippen LogP contribution in [0.2, 0.25) is 0 Å². The minimum atomic E-state index is 0.644. The van der Waals surface area contributed by atoms with Crippen LogP contribution in [-0.2, 0) is 13.0 Å². The van der Waals surface area contributed by atoms with Gasteiger partial charge in [-0.15, -0.1) is 11.3 Å². The Morgan fingerprint density at radius 1 is 1.33 bits per heavy atom. The van der Waals surface area contributed by atoms with Crippen LogP contribution in [0.25, 0.3) is 0 Å². The van der Waals surface area contributed by atoms with Crippen molar-refractivity contribution in [3.63, 3.8) is 0 Å². The summed E-state index contributed by atoms with van der Waals surface area (Å²) in [6, 6.07) is 10.00. The van der Waals surface area contributed by atoms with E-state index >= 15 is 0 Å². The lowest BCUT2D eigenvalue weighted by atomic mass is 10.2. The number of hydrogen-bond donors (Lipinski definition) is 1. The Labute approximate surface area is 111 Å². The average molecular weight is 257 g/mol. The van der Waals surface area contributed by atoms with Crippen molar-refractivity contribution in [1.29, 1.82) is 5.26 Å². The second kappa shape index (κ2) is 5.65. The fourth-order valence-electron chi connectivity index (χ4n) is 1.71. The molecule has 0 fully saturated rings. The summed E-state index contributed by atoms with van der Waals surface area (Å²) in [5.41, 5.74) is 1.50. The summed E-state index contributed by atoms with van der Waals surface area (Å²) in [7, 11) is 0. The maximum absolute atomic E-state index is 8.90. The molecule has 0 aliphatic heterocycles. The predicted molar refractivity (Wildman–Crippen MR) is 74.7 cm³/mol. The van der Waals surface area contributed by atoms with Crippen molar-refractivity contribution in [2.24, 2.45) is 0 Å². The van der Waals surface area contributed by atoms with Crippen molar-refractivity contribution >= 4 is 17.2 Å². The highest BCUT2D eigenvalue weighted by atomic mass is 32.1. The fourth-order valence-corrected chi connectivity index (χ4v) is 2.61. The highest BCUT2D eigenvalue weighted by Crippen LogP contribution is 2.18. The van der Waals surface area contributed by atoms with Crippen LogP contribution in [0, 0.1) is 18.3 Å². The van der Waals surface area contributed by atoms with Crippen molar-refractivity contribution in [1.82, 2.24) is 4.98 Å². The van der Waals surface area contributed by atoms with Crippen molar-refractivity contribution in [3.8, 4) is 6.07 Å². The van der Waals surface area contributed by atoms with Crippen LogP contribution >= 0.6 is 11.3 Å². The van der Waals surface area contributed by atoms with E-state index < -0.39 is 0 Å². The molecule has 2 rings (SSSR count). The van der Waals surface area contributed by atoms with E-state index in [2.05, 4.69) is 35.4 Å². The molecule has 0 bridgehead atoms. The number of aryl methyl sites for hydroxylation is 2. The van der Waals surface area contributed by atoms with Gasteiger partial charge in [-0.1, -0.05) is 6.92 Å². The van der Waals surface area contributed by atoms with E-state index in [4.69, 9.17) is 5.26 Å². The molecule has 0 aliphatic rings. The molecular formula is C14H15N3S. The van der Waals surface area contributed by atoms with Crippen LogP contribution in [0.15, 0.2) is 24.3 Å². The lowest BCUT2D eigenvalue weighted by molar-refractivity contribution is 1.11. The number of nitrogens with zero attached hydrogens (tertiary/aromatic N) is 2. The third kappa shape index (κ3) is 3.08. The number of thiophene rings is 1. The first kappa shape index (κ1) is 12.6. The van der Waals surface area contributed by atoms with Gasteiger partial charge in [0.25, 0.3) is 0 Å². The minimum absolute atomic E-state index is 0.644. The second-order valence-corrected chi connectivity index (χ2v) is 5.32. The molecule has 0 aromatic carbocycles. The van der Waals surface area contributed by atoms with Crippen LogP contribution in [-0.4, -0.2) is 4.98 Å². The zero-order valence-corrected chi connectivity index (χ0v) is 11.3. The predicted octanol–water partition coefficient (Wildman–Crippen LogP) is 3.50. The van der Waals surface area contributed by atoms with Crippen LogP contribution in [0.3, 0.4) is 0 Å². The Kier molecular flexibility index (Phi) is 3.96. The van der Waals surface area contributed by atoms with Crippen LogP contribution in [0.1, 0.15) is 27.9 Å². The summed E-state index contributed by atoms with van der Waals surface area (Å²) in [4.78, 5) is 7.04. The molecular weight excluding hydrogens is 242 g/mol. The highest BCUT2D eigenvalue weighted by molar-refractivity contribution is 7.12. The zero-order valence-electron chi connectivity index (χ0n) is 10.5. The van der Waals surface area contributed by atoms with Crippen LogP contribution in [0.5, 0.6) is 0 Å². The molecule has 0 amide bonds. The number of pyridine rings is 1. The zero-order chi connectivity index (χ0) is 13.0. The van der Waals surface area contributed by atoms with Gasteiger partial charge in [0.1, 0.15) is 5.82 Å². The van der Waals surface area contributed by atoms with Crippen molar-refractivity contribution in [2.75, 3.05) is 5.32 Å². The Morgan fingerprint density at radius 3 is 2.78 bits per heavy atom. The van der Waals surface area contributed by atoms with E-state index in [1.165, 1.54) is 9.75 Å². The van der Waals surface area contributed by atoms with Gasteiger partial charge in [0.2, 0.25) is 0 Å². The lowest BCUT2D eigenvalue weighted by Gasteiger charge is -2.05. The monoisotopic (exact) mass is 257 g/mol. The molecule has 18 heavy (non-hydrogen) atoms. The maximum atomic E-state index is 8.90. The molecule has 4 heteroatoms. The first-order valence-corrected chi connectivity index (χ1v) is 6.73. The molecule has 2 aromatic heterocycles. The number of aromatic nitrogens is 1. The number of nitrogens with one attached hydrogen (secondary N) is 1. The molecule has 0 unspecified atom stereocenters. The third-order valence-corrected chi connectivity index (χ3v) is 3.82. The first-order valence-electron chi connectivity index (χ1n) is 5.91. The van der Waals surface area contributed by atoms with Crippen LogP contribution < -0.4 is 5.32 Å². The first-order chi connectivity index (χ1) is 8.71. The minimum Gasteiger partial charge on any atom is -0.365 e. The third-order valence-electron chi connectivity index (χ3n) is 2.59. The number of anilines is 1. The summed E-state index contributed by atoms with van der Waals surface area (Å²) in [5, 5.41) is 12.2. The van der Waals surface area contributed by atoms with Gasteiger partial charge < -0.3 is 5.32 Å². The van der Waals surface area contributed by atoms with Gasteiger partial charge in [-0.05, 0) is 37.6 Å². The maximum Gasteiger partial charge on any atom is 0.127 e. The molecule has 0 saturated carbocycles. The summed E-state index contributed by atoms with van der Waals surface area (Å²) in [5.74, 6) is 0.762. The average Bonchev–Trinajstić information content (AvgIpc) is 2.83. The normalized spacial score (nSPS) is 10.1. The Balaban J connectivity index is 2.06. The van der Waals surface area contributed by atoms with Crippen molar-refractivity contribution in [3.05, 3.63) is 45.3 Å². The number of hydrogen-bond acceptors (Lipinski definition) is 4. The topological polar surface area (TPSA) is 48.7 Å². The van der Waals surface area contributed by atoms with E-state index in [9.17, 15) is 0 Å². The van der Waals surface area contributed by atoms with Gasteiger partial charge >= 0.3 is 0 Å². The molecule has 0 aliphatic carbocycles. The number of rotatable bonds is 4. The van der Waals surface area contributed by atoms with Gasteiger partial charge in [0.05, 0.1) is 18.2 Å². The number of nitriles is 1. The molecule has 1 N–H and O–H groups in total. The van der Waals surface area contributed by atoms with E-state index in [0.717, 1.165) is 24.5 Å². The van der Waals surface area contributed by atoms with E-state index in [1.807, 2.05) is 18.3 Å². The SMILES string of the molecule is CCc1ccc(CNc2cc(C#N)cc(C)n2)s1. The van der Waals surface area contributed by atoms with Crippen molar-refractivity contribution in [2.45, 2.75) is 26.8 Å². The van der Waals surface area contributed by atoms with E-state index in [1.54, 1.807) is 12.1 Å². The summed E-state index contributed by atoms with van der Waals surface area (Å²) in [6.07, 6.45) is 1.08. The molecule has 0 radical (unpaired) electrons. The van der Waals surface area contributed by atoms with E-state index in [-0.39, 0.29) is 0 Å². The Morgan fingerprint density at radius 2 is 2.11 bits per heavy atom. The van der Waals surface area contributed by atoms with Gasteiger partial charge in [-0.3, -0.25) is 0 Å². The smallest absolute Gasteiger partial charge is 0.127 e. The van der Waals surface area contributed by atoms with Crippen molar-refractivity contribution < 1.29 is 0 Å². The molecule has 3 nitrogen and oxygen atoms in total. The molecule has 0 spiro atoms. The lowest BCUT2D eigenvalue weighted by Crippen LogP contribution is -2.01. The Hall–Kier alpha value is -1.86.